The quantitative estimate of drug-likeness (QED) is 0.809. The molecule has 25 heavy (non-hydrogen) atoms. The summed E-state index contributed by atoms with van der Waals surface area (Å²) in [6.45, 7) is 3.63. The molecule has 1 aliphatic heterocycles. The fraction of sp³-hybridized carbons (Fsp3) is 0.368. The molecule has 0 spiro atoms. The van der Waals surface area contributed by atoms with Crippen LogP contribution in [-0.2, 0) is 16.1 Å². The molecule has 1 aromatic carbocycles. The van der Waals surface area contributed by atoms with Crippen molar-refractivity contribution in [2.24, 2.45) is 5.92 Å². The molecule has 5 nitrogen and oxygen atoms in total. The third kappa shape index (κ3) is 5.41. The first kappa shape index (κ1) is 17.6. The first-order valence-electron chi connectivity index (χ1n) is 8.58. The van der Waals surface area contributed by atoms with E-state index in [0.717, 1.165) is 32.5 Å². The molecule has 3 rings (SSSR count). The molecular formula is C19H23N3O2S. The number of rotatable bonds is 5. The fourth-order valence-corrected chi connectivity index (χ4v) is 3.68. The van der Waals surface area contributed by atoms with E-state index < -0.39 is 11.8 Å². The first-order chi connectivity index (χ1) is 12.2. The third-order valence-corrected chi connectivity index (χ3v) is 5.21. The van der Waals surface area contributed by atoms with Gasteiger partial charge in [-0.15, -0.1) is 0 Å². The molecule has 0 radical (unpaired) electrons. The molecule has 1 aromatic heterocycles. The summed E-state index contributed by atoms with van der Waals surface area (Å²) < 4.78 is 0. The predicted molar refractivity (Wildman–Crippen MR) is 100 cm³/mol. The number of nitrogens with one attached hydrogen (secondary N) is 2. The van der Waals surface area contributed by atoms with Crippen molar-refractivity contribution in [3.63, 3.8) is 0 Å². The van der Waals surface area contributed by atoms with E-state index in [9.17, 15) is 9.59 Å². The number of carbonyl (C=O) groups is 2. The smallest absolute Gasteiger partial charge is 0.313 e. The van der Waals surface area contributed by atoms with Crippen LogP contribution < -0.4 is 10.6 Å². The molecule has 2 aromatic rings. The SMILES string of the molecule is O=C(NCC1CCN(Cc2ccsc2)CC1)C(=O)Nc1ccccc1. The largest absolute Gasteiger partial charge is 0.348 e. The Morgan fingerprint density at radius 3 is 2.52 bits per heavy atom. The van der Waals surface area contributed by atoms with E-state index in [1.54, 1.807) is 23.5 Å². The number of benzene rings is 1. The minimum absolute atomic E-state index is 0.437. The zero-order valence-electron chi connectivity index (χ0n) is 14.1. The van der Waals surface area contributed by atoms with Crippen LogP contribution in [0.5, 0.6) is 0 Å². The molecular weight excluding hydrogens is 334 g/mol. The Balaban J connectivity index is 1.36. The lowest BCUT2D eigenvalue weighted by molar-refractivity contribution is -0.136. The summed E-state index contributed by atoms with van der Waals surface area (Å²) in [7, 11) is 0. The molecule has 0 unspecified atom stereocenters. The van der Waals surface area contributed by atoms with Crippen molar-refractivity contribution >= 4 is 28.8 Å². The Bertz CT molecular complexity index is 680. The van der Waals surface area contributed by atoms with E-state index in [1.807, 2.05) is 18.2 Å². The lowest BCUT2D eigenvalue weighted by Gasteiger charge is -2.31. The molecule has 0 saturated carbocycles. The van der Waals surface area contributed by atoms with Gasteiger partial charge in [0.25, 0.3) is 0 Å². The number of amides is 2. The number of hydrogen-bond acceptors (Lipinski definition) is 4. The average molecular weight is 357 g/mol. The highest BCUT2D eigenvalue weighted by molar-refractivity contribution is 7.07. The highest BCUT2D eigenvalue weighted by atomic mass is 32.1. The Morgan fingerprint density at radius 1 is 1.08 bits per heavy atom. The highest BCUT2D eigenvalue weighted by Crippen LogP contribution is 2.19. The number of hydrogen-bond donors (Lipinski definition) is 2. The lowest BCUT2D eigenvalue weighted by atomic mass is 9.96. The maximum Gasteiger partial charge on any atom is 0.313 e. The molecule has 6 heteroatoms. The van der Waals surface area contributed by atoms with Gasteiger partial charge < -0.3 is 10.6 Å². The summed E-state index contributed by atoms with van der Waals surface area (Å²) in [6, 6.07) is 11.2. The molecule has 1 aliphatic rings. The number of nitrogens with zero attached hydrogens (tertiary/aromatic N) is 1. The van der Waals surface area contributed by atoms with Gasteiger partial charge in [-0.25, -0.2) is 0 Å². The monoisotopic (exact) mass is 357 g/mol. The lowest BCUT2D eigenvalue weighted by Crippen LogP contribution is -2.41. The summed E-state index contributed by atoms with van der Waals surface area (Å²) in [4.78, 5) is 26.3. The van der Waals surface area contributed by atoms with Crippen LogP contribution in [0.1, 0.15) is 18.4 Å². The number of piperidine rings is 1. The summed E-state index contributed by atoms with van der Waals surface area (Å²) in [5.41, 5.74) is 2.00. The van der Waals surface area contributed by atoms with Gasteiger partial charge in [0.2, 0.25) is 0 Å². The molecule has 2 amide bonds. The molecule has 0 aliphatic carbocycles. The van der Waals surface area contributed by atoms with Crippen LogP contribution >= 0.6 is 11.3 Å². The van der Waals surface area contributed by atoms with Crippen LogP contribution in [-0.4, -0.2) is 36.3 Å². The second kappa shape index (κ2) is 8.78. The van der Waals surface area contributed by atoms with Gasteiger partial charge in [-0.2, -0.15) is 11.3 Å². The Labute approximate surface area is 152 Å². The van der Waals surface area contributed by atoms with Crippen molar-refractivity contribution in [2.75, 3.05) is 25.0 Å². The second-order valence-corrected chi connectivity index (χ2v) is 7.16. The van der Waals surface area contributed by atoms with Crippen molar-refractivity contribution < 1.29 is 9.59 Å². The van der Waals surface area contributed by atoms with E-state index in [-0.39, 0.29) is 0 Å². The summed E-state index contributed by atoms with van der Waals surface area (Å²) in [5, 5.41) is 9.67. The van der Waals surface area contributed by atoms with Crippen LogP contribution in [0.15, 0.2) is 47.2 Å². The molecule has 2 N–H and O–H groups in total. The number of thiophene rings is 1. The van der Waals surface area contributed by atoms with E-state index in [2.05, 4.69) is 32.4 Å². The number of para-hydroxylation sites is 1. The van der Waals surface area contributed by atoms with E-state index in [4.69, 9.17) is 0 Å². The van der Waals surface area contributed by atoms with Crippen molar-refractivity contribution in [3.8, 4) is 0 Å². The van der Waals surface area contributed by atoms with Gasteiger partial charge in [-0.05, 0) is 66.4 Å². The minimum atomic E-state index is -0.610. The topological polar surface area (TPSA) is 61.4 Å². The van der Waals surface area contributed by atoms with Crippen LogP contribution in [0, 0.1) is 5.92 Å². The van der Waals surface area contributed by atoms with Crippen LogP contribution in [0.2, 0.25) is 0 Å². The Kier molecular flexibility index (Phi) is 6.19. The normalized spacial score (nSPS) is 15.7. The zero-order valence-corrected chi connectivity index (χ0v) is 14.9. The second-order valence-electron chi connectivity index (χ2n) is 6.38. The third-order valence-electron chi connectivity index (χ3n) is 4.48. The van der Waals surface area contributed by atoms with Crippen LogP contribution in [0.3, 0.4) is 0 Å². The van der Waals surface area contributed by atoms with E-state index in [1.165, 1.54) is 5.56 Å². The van der Waals surface area contributed by atoms with Crippen molar-refractivity contribution in [1.82, 2.24) is 10.2 Å². The number of anilines is 1. The standard InChI is InChI=1S/C19H23N3O2S/c23-18(19(24)21-17-4-2-1-3-5-17)20-12-15-6-9-22(10-7-15)13-16-8-11-25-14-16/h1-5,8,11,14-15H,6-7,9-10,12-13H2,(H,20,23)(H,21,24). The van der Waals surface area contributed by atoms with Gasteiger partial charge in [-0.3, -0.25) is 14.5 Å². The first-order valence-corrected chi connectivity index (χ1v) is 9.52. The van der Waals surface area contributed by atoms with Gasteiger partial charge in [0.1, 0.15) is 0 Å². The summed E-state index contributed by atoms with van der Waals surface area (Å²) in [5.74, 6) is -0.738. The molecule has 0 atom stereocenters. The van der Waals surface area contributed by atoms with Crippen LogP contribution in [0.4, 0.5) is 5.69 Å². The minimum Gasteiger partial charge on any atom is -0.348 e. The fourth-order valence-electron chi connectivity index (χ4n) is 3.02. The summed E-state index contributed by atoms with van der Waals surface area (Å²) >= 11 is 1.73. The zero-order chi connectivity index (χ0) is 17.5. The van der Waals surface area contributed by atoms with Gasteiger partial charge in [0.15, 0.2) is 0 Å². The Hall–Kier alpha value is -2.18. The molecule has 2 heterocycles. The van der Waals surface area contributed by atoms with Crippen molar-refractivity contribution in [1.29, 1.82) is 0 Å². The molecule has 1 saturated heterocycles. The van der Waals surface area contributed by atoms with Gasteiger partial charge in [-0.1, -0.05) is 18.2 Å². The van der Waals surface area contributed by atoms with Crippen LogP contribution in [0.25, 0.3) is 0 Å². The highest BCUT2D eigenvalue weighted by Gasteiger charge is 2.21. The molecule has 0 bridgehead atoms. The van der Waals surface area contributed by atoms with Gasteiger partial charge in [0, 0.05) is 18.8 Å². The molecule has 1 fully saturated rings. The number of carbonyl (C=O) groups excluding carboxylic acids is 2. The predicted octanol–water partition coefficient (Wildman–Crippen LogP) is 2.72. The van der Waals surface area contributed by atoms with Gasteiger partial charge >= 0.3 is 11.8 Å². The van der Waals surface area contributed by atoms with Crippen molar-refractivity contribution in [2.45, 2.75) is 19.4 Å². The van der Waals surface area contributed by atoms with Gasteiger partial charge in [0.05, 0.1) is 0 Å². The van der Waals surface area contributed by atoms with Crippen molar-refractivity contribution in [3.05, 3.63) is 52.7 Å². The van der Waals surface area contributed by atoms with E-state index >= 15 is 0 Å². The Morgan fingerprint density at radius 2 is 1.84 bits per heavy atom. The number of likely N-dealkylation sites (tertiary alicyclic amines) is 1. The maximum absolute atomic E-state index is 11.9. The maximum atomic E-state index is 11.9. The summed E-state index contributed by atoms with van der Waals surface area (Å²) in [6.07, 6.45) is 2.09. The van der Waals surface area contributed by atoms with E-state index in [0.29, 0.717) is 18.2 Å². The average Bonchev–Trinajstić information content (AvgIpc) is 3.14. The molecule has 132 valence electrons.